The summed E-state index contributed by atoms with van der Waals surface area (Å²) in [5.41, 5.74) is 0.595. The van der Waals surface area contributed by atoms with Crippen LogP contribution in [0.3, 0.4) is 0 Å². The van der Waals surface area contributed by atoms with Crippen LogP contribution in [0.4, 0.5) is 5.69 Å². The Morgan fingerprint density at radius 1 is 1.23 bits per heavy atom. The van der Waals surface area contributed by atoms with Gasteiger partial charge in [0.2, 0.25) is 15.9 Å². The lowest BCUT2D eigenvalue weighted by Crippen LogP contribution is -2.51. The molecule has 0 saturated carbocycles. The molecule has 9 heteroatoms. The monoisotopic (exact) mass is 365 g/mol. The highest BCUT2D eigenvalue weighted by Gasteiger charge is 2.25. The standard InChI is InChI=1S/C13H17Cl2N3O3S/c1-22(20,21)18-7-5-17(6-8-18)12(19)9-16-11-4-2-3-10(14)13(11)15/h2-4,16H,5-9H2,1H3. The third-order valence-corrected chi connectivity index (χ3v) is 5.56. The largest absolute Gasteiger partial charge is 0.375 e. The Hall–Kier alpha value is -1.02. The van der Waals surface area contributed by atoms with E-state index in [1.165, 1.54) is 10.6 Å². The molecule has 1 aliphatic rings. The van der Waals surface area contributed by atoms with Gasteiger partial charge in [-0.1, -0.05) is 29.3 Å². The number of benzene rings is 1. The number of halogens is 2. The van der Waals surface area contributed by atoms with Crippen LogP contribution in [0.1, 0.15) is 0 Å². The lowest BCUT2D eigenvalue weighted by molar-refractivity contribution is -0.130. The second-order valence-corrected chi connectivity index (χ2v) is 7.77. The highest BCUT2D eigenvalue weighted by Crippen LogP contribution is 2.29. The highest BCUT2D eigenvalue weighted by molar-refractivity contribution is 7.88. The Morgan fingerprint density at radius 2 is 1.86 bits per heavy atom. The van der Waals surface area contributed by atoms with Gasteiger partial charge < -0.3 is 10.2 Å². The molecule has 0 spiro atoms. The number of piperazine rings is 1. The van der Waals surface area contributed by atoms with Crippen LogP contribution in [0.2, 0.25) is 10.0 Å². The van der Waals surface area contributed by atoms with E-state index in [0.29, 0.717) is 41.9 Å². The predicted molar refractivity (Wildman–Crippen MR) is 87.9 cm³/mol. The van der Waals surface area contributed by atoms with Crippen molar-refractivity contribution in [3.05, 3.63) is 28.2 Å². The van der Waals surface area contributed by atoms with Crippen LogP contribution < -0.4 is 5.32 Å². The molecule has 0 aliphatic carbocycles. The lowest BCUT2D eigenvalue weighted by Gasteiger charge is -2.33. The average molecular weight is 366 g/mol. The fourth-order valence-corrected chi connectivity index (χ4v) is 3.39. The fraction of sp³-hybridized carbons (Fsp3) is 0.462. The molecule has 1 aromatic rings. The van der Waals surface area contributed by atoms with Crippen LogP contribution in [-0.2, 0) is 14.8 Å². The smallest absolute Gasteiger partial charge is 0.241 e. The van der Waals surface area contributed by atoms with Crippen molar-refractivity contribution in [2.45, 2.75) is 0 Å². The third kappa shape index (κ3) is 4.25. The Bertz CT molecular complexity index is 658. The Balaban J connectivity index is 1.88. The van der Waals surface area contributed by atoms with Gasteiger partial charge in [-0.3, -0.25) is 4.79 Å². The molecular weight excluding hydrogens is 349 g/mol. The van der Waals surface area contributed by atoms with Crippen LogP contribution in [0, 0.1) is 0 Å². The van der Waals surface area contributed by atoms with E-state index in [1.807, 2.05) is 0 Å². The highest BCUT2D eigenvalue weighted by atomic mass is 35.5. The molecule has 1 aromatic carbocycles. The number of amides is 1. The zero-order valence-corrected chi connectivity index (χ0v) is 14.4. The summed E-state index contributed by atoms with van der Waals surface area (Å²) in [6.07, 6.45) is 1.17. The maximum Gasteiger partial charge on any atom is 0.241 e. The molecule has 0 aromatic heterocycles. The lowest BCUT2D eigenvalue weighted by atomic mass is 10.3. The molecule has 2 rings (SSSR count). The summed E-state index contributed by atoms with van der Waals surface area (Å²) in [6.45, 7) is 1.50. The van der Waals surface area contributed by atoms with E-state index in [9.17, 15) is 13.2 Å². The molecule has 1 aliphatic heterocycles. The molecule has 6 nitrogen and oxygen atoms in total. The zero-order valence-electron chi connectivity index (χ0n) is 12.1. The predicted octanol–water partition coefficient (Wildman–Crippen LogP) is 1.51. The third-order valence-electron chi connectivity index (χ3n) is 3.44. The summed E-state index contributed by atoms with van der Waals surface area (Å²) in [7, 11) is -3.19. The van der Waals surface area contributed by atoms with Crippen molar-refractivity contribution in [1.29, 1.82) is 0 Å². The molecule has 22 heavy (non-hydrogen) atoms. The van der Waals surface area contributed by atoms with Crippen LogP contribution in [0.5, 0.6) is 0 Å². The van der Waals surface area contributed by atoms with Gasteiger partial charge in [-0.15, -0.1) is 0 Å². The molecule has 1 N–H and O–H groups in total. The maximum atomic E-state index is 12.1. The van der Waals surface area contributed by atoms with E-state index in [4.69, 9.17) is 23.2 Å². The van der Waals surface area contributed by atoms with E-state index in [1.54, 1.807) is 23.1 Å². The first-order chi connectivity index (χ1) is 10.3. The van der Waals surface area contributed by atoms with E-state index in [-0.39, 0.29) is 12.5 Å². The summed E-state index contributed by atoms with van der Waals surface area (Å²) in [5, 5.41) is 3.74. The number of nitrogens with one attached hydrogen (secondary N) is 1. The first kappa shape index (κ1) is 17.3. The minimum atomic E-state index is -3.19. The summed E-state index contributed by atoms with van der Waals surface area (Å²) in [4.78, 5) is 13.8. The van der Waals surface area contributed by atoms with Crippen molar-refractivity contribution >= 4 is 44.8 Å². The van der Waals surface area contributed by atoms with Crippen LogP contribution in [0.25, 0.3) is 0 Å². The van der Waals surface area contributed by atoms with Gasteiger partial charge >= 0.3 is 0 Å². The number of anilines is 1. The molecule has 0 atom stereocenters. The summed E-state index contributed by atoms with van der Waals surface area (Å²) in [5.74, 6) is -0.107. The maximum absolute atomic E-state index is 12.1. The molecule has 1 fully saturated rings. The summed E-state index contributed by atoms with van der Waals surface area (Å²) in [6, 6.07) is 5.15. The molecule has 1 amide bonds. The van der Waals surface area contributed by atoms with Crippen molar-refractivity contribution in [2.24, 2.45) is 0 Å². The van der Waals surface area contributed by atoms with Crippen LogP contribution in [0.15, 0.2) is 18.2 Å². The second kappa shape index (κ2) is 7.04. The average Bonchev–Trinajstić information content (AvgIpc) is 2.48. The molecule has 0 bridgehead atoms. The fourth-order valence-electron chi connectivity index (χ4n) is 2.19. The number of nitrogens with zero attached hydrogens (tertiary/aromatic N) is 2. The molecule has 0 radical (unpaired) electrons. The van der Waals surface area contributed by atoms with E-state index in [0.717, 1.165) is 0 Å². The molecular formula is C13H17Cl2N3O3S. The van der Waals surface area contributed by atoms with Gasteiger partial charge in [0.1, 0.15) is 0 Å². The number of hydrogen-bond donors (Lipinski definition) is 1. The van der Waals surface area contributed by atoms with E-state index >= 15 is 0 Å². The zero-order chi connectivity index (χ0) is 16.3. The molecule has 122 valence electrons. The molecule has 0 unspecified atom stereocenters. The second-order valence-electron chi connectivity index (χ2n) is 5.00. The number of carbonyl (C=O) groups is 1. The van der Waals surface area contributed by atoms with Gasteiger partial charge in [-0.05, 0) is 12.1 Å². The summed E-state index contributed by atoms with van der Waals surface area (Å²) >= 11 is 11.9. The van der Waals surface area contributed by atoms with Gasteiger partial charge in [0, 0.05) is 26.2 Å². The number of carbonyl (C=O) groups excluding carboxylic acids is 1. The van der Waals surface area contributed by atoms with Gasteiger partial charge in [-0.2, -0.15) is 4.31 Å². The van der Waals surface area contributed by atoms with Crippen molar-refractivity contribution in [3.8, 4) is 0 Å². The van der Waals surface area contributed by atoms with Crippen molar-refractivity contribution < 1.29 is 13.2 Å². The van der Waals surface area contributed by atoms with Gasteiger partial charge in [0.25, 0.3) is 0 Å². The van der Waals surface area contributed by atoms with Crippen molar-refractivity contribution in [2.75, 3.05) is 44.3 Å². The number of rotatable bonds is 4. The normalized spacial score (nSPS) is 16.6. The number of sulfonamides is 1. The van der Waals surface area contributed by atoms with Gasteiger partial charge in [-0.25, -0.2) is 8.42 Å². The first-order valence-electron chi connectivity index (χ1n) is 6.70. The molecule has 1 heterocycles. The molecule has 1 saturated heterocycles. The van der Waals surface area contributed by atoms with Gasteiger partial charge in [0.05, 0.1) is 28.5 Å². The first-order valence-corrected chi connectivity index (χ1v) is 9.30. The summed E-state index contributed by atoms with van der Waals surface area (Å²) < 4.78 is 24.2. The van der Waals surface area contributed by atoms with Gasteiger partial charge in [0.15, 0.2) is 0 Å². The van der Waals surface area contributed by atoms with E-state index < -0.39 is 10.0 Å². The van der Waals surface area contributed by atoms with Crippen molar-refractivity contribution in [3.63, 3.8) is 0 Å². The SMILES string of the molecule is CS(=O)(=O)N1CCN(C(=O)CNc2cccc(Cl)c2Cl)CC1. The minimum absolute atomic E-state index is 0.0823. The number of hydrogen-bond acceptors (Lipinski definition) is 4. The Kier molecular flexibility index (Phi) is 5.55. The van der Waals surface area contributed by atoms with E-state index in [2.05, 4.69) is 5.32 Å². The van der Waals surface area contributed by atoms with Crippen molar-refractivity contribution in [1.82, 2.24) is 9.21 Å². The Morgan fingerprint density at radius 3 is 2.45 bits per heavy atom. The Labute approximate surface area is 140 Å². The van der Waals surface area contributed by atoms with Crippen LogP contribution in [-0.4, -0.2) is 62.5 Å². The topological polar surface area (TPSA) is 69.7 Å². The van der Waals surface area contributed by atoms with Crippen LogP contribution >= 0.6 is 23.2 Å². The minimum Gasteiger partial charge on any atom is -0.375 e. The quantitative estimate of drug-likeness (QED) is 0.877.